The van der Waals surface area contributed by atoms with Crippen LogP contribution >= 0.6 is 47.0 Å². The molecule has 0 saturated carbocycles. The average molecular weight is 626 g/mol. The van der Waals surface area contributed by atoms with Crippen LogP contribution in [0.15, 0.2) is 39.2 Å². The number of unbranched alkanes of at least 4 members (excludes halogenated alkanes) is 2. The van der Waals surface area contributed by atoms with Crippen LogP contribution in [0.1, 0.15) is 91.5 Å². The van der Waals surface area contributed by atoms with E-state index in [0.717, 1.165) is 69.4 Å². The molecule has 1 aromatic rings. The van der Waals surface area contributed by atoms with Gasteiger partial charge in [-0.3, -0.25) is 9.59 Å². The Morgan fingerprint density at radius 2 is 1.27 bits per heavy atom. The fraction of sp³-hybridized carbons (Fsp3) is 0.516. The lowest BCUT2D eigenvalue weighted by Crippen LogP contribution is -2.21. The minimum Gasteiger partial charge on any atom is -0.424 e. The molecule has 0 spiro atoms. The van der Waals surface area contributed by atoms with Gasteiger partial charge in [0, 0.05) is 27.7 Å². The second-order valence-corrected chi connectivity index (χ2v) is 14.6. The van der Waals surface area contributed by atoms with Gasteiger partial charge in [-0.15, -0.1) is 0 Å². The van der Waals surface area contributed by atoms with E-state index < -0.39 is 0 Å². The fourth-order valence-corrected chi connectivity index (χ4v) is 10.0. The van der Waals surface area contributed by atoms with Crippen molar-refractivity contribution in [2.75, 3.05) is 0 Å². The Labute approximate surface area is 260 Å². The first-order valence-corrected chi connectivity index (χ1v) is 17.4. The van der Waals surface area contributed by atoms with Gasteiger partial charge in [0.25, 0.3) is 0 Å². The molecule has 216 valence electrons. The number of hydrogen-bond donors (Lipinski definition) is 0. The topological polar surface area (TPSA) is 115 Å². The van der Waals surface area contributed by atoms with E-state index in [4.69, 9.17) is 4.74 Å². The van der Waals surface area contributed by atoms with Crippen molar-refractivity contribution in [1.29, 1.82) is 15.8 Å². The van der Waals surface area contributed by atoms with Crippen LogP contribution < -0.4 is 4.74 Å². The van der Waals surface area contributed by atoms with Gasteiger partial charge in [-0.25, -0.2) is 0 Å². The zero-order valence-electron chi connectivity index (χ0n) is 24.2. The van der Waals surface area contributed by atoms with Crippen LogP contribution in [0.2, 0.25) is 0 Å². The van der Waals surface area contributed by atoms with Crippen molar-refractivity contribution in [3.63, 3.8) is 0 Å². The molecular weight excluding hydrogens is 591 g/mol. The number of esters is 1. The summed E-state index contributed by atoms with van der Waals surface area (Å²) in [5.41, 5.74) is 1.39. The Hall–Kier alpha value is -2.29. The summed E-state index contributed by atoms with van der Waals surface area (Å²) in [5, 5.41) is 28.9. The average Bonchev–Trinajstić information content (AvgIpc) is 3.61. The number of allylic oxidation sites excluding steroid dienone is 2. The zero-order valence-corrected chi connectivity index (χ0v) is 27.5. The largest absolute Gasteiger partial charge is 0.424 e. The highest BCUT2D eigenvalue weighted by Crippen LogP contribution is 2.66. The monoisotopic (exact) mass is 625 g/mol. The number of ketones is 1. The first-order valence-electron chi connectivity index (χ1n) is 14.1. The Bertz CT molecular complexity index is 1310. The second kappa shape index (κ2) is 15.8. The molecule has 0 aromatic heterocycles. The van der Waals surface area contributed by atoms with E-state index in [1.807, 2.05) is 26.0 Å². The van der Waals surface area contributed by atoms with Gasteiger partial charge in [0.1, 0.15) is 23.5 Å². The molecule has 0 radical (unpaired) electrons. The molecule has 1 aromatic carbocycles. The van der Waals surface area contributed by atoms with Crippen LogP contribution in [0.4, 0.5) is 0 Å². The maximum Gasteiger partial charge on any atom is 0.314 e. The van der Waals surface area contributed by atoms with Gasteiger partial charge in [-0.1, -0.05) is 100 Å². The van der Waals surface area contributed by atoms with Crippen LogP contribution in [0.3, 0.4) is 0 Å². The molecule has 3 rings (SSSR count). The predicted octanol–water partition coefficient (Wildman–Crippen LogP) is 9.55. The van der Waals surface area contributed by atoms with Gasteiger partial charge in [-0.05, 0) is 38.2 Å². The third-order valence-electron chi connectivity index (χ3n) is 7.19. The minimum absolute atomic E-state index is 0.00381. The summed E-state index contributed by atoms with van der Waals surface area (Å²) >= 11 is 5.39. The number of carbonyl (C=O) groups excluding carboxylic acids is 2. The van der Waals surface area contributed by atoms with Gasteiger partial charge < -0.3 is 4.74 Å². The van der Waals surface area contributed by atoms with Crippen LogP contribution in [-0.4, -0.2) is 11.8 Å². The number of rotatable bonds is 13. The first-order chi connectivity index (χ1) is 19.8. The molecule has 0 N–H and O–H groups in total. The van der Waals surface area contributed by atoms with Crippen molar-refractivity contribution in [3.8, 4) is 24.0 Å². The minimum atomic E-state index is -0.302. The number of carbonyl (C=O) groups is 2. The summed E-state index contributed by atoms with van der Waals surface area (Å²) in [4.78, 5) is 30.1. The molecule has 2 unspecified atom stereocenters. The molecule has 0 bridgehead atoms. The molecule has 2 aliphatic heterocycles. The number of hydrogen-bond acceptors (Lipinski definition) is 10. The number of ether oxygens (including phenoxy) is 1. The van der Waals surface area contributed by atoms with E-state index in [-0.39, 0.29) is 35.6 Å². The maximum absolute atomic E-state index is 13.6. The van der Waals surface area contributed by atoms with Gasteiger partial charge in [0.15, 0.2) is 5.75 Å². The lowest BCUT2D eigenvalue weighted by atomic mass is 9.91. The van der Waals surface area contributed by atoms with E-state index in [1.165, 1.54) is 47.0 Å². The molecule has 0 aliphatic carbocycles. The fourth-order valence-electron chi connectivity index (χ4n) is 4.66. The molecule has 2 heterocycles. The lowest BCUT2D eigenvalue weighted by molar-refractivity contribution is -0.139. The van der Waals surface area contributed by atoms with E-state index in [2.05, 4.69) is 19.9 Å². The Morgan fingerprint density at radius 3 is 1.78 bits per heavy atom. The predicted molar refractivity (Wildman–Crippen MR) is 167 cm³/mol. The van der Waals surface area contributed by atoms with E-state index in [1.54, 1.807) is 6.92 Å². The Morgan fingerprint density at radius 1 is 0.756 bits per heavy atom. The van der Waals surface area contributed by atoms with Crippen molar-refractivity contribution in [1.82, 2.24) is 0 Å². The molecule has 0 amide bonds. The number of nitriles is 3. The summed E-state index contributed by atoms with van der Waals surface area (Å²) in [6.07, 6.45) is 7.10. The summed E-state index contributed by atoms with van der Waals surface area (Å²) in [6.45, 7) is 9.99. The molecule has 2 atom stereocenters. The second-order valence-electron chi connectivity index (χ2n) is 10.0. The molecule has 0 fully saturated rings. The first kappa shape index (κ1) is 33.2. The molecule has 0 saturated heterocycles. The van der Waals surface area contributed by atoms with E-state index in [9.17, 15) is 25.4 Å². The molecular formula is C31H35N3O3S4. The number of benzene rings is 1. The van der Waals surface area contributed by atoms with E-state index in [0.29, 0.717) is 26.9 Å². The van der Waals surface area contributed by atoms with Crippen molar-refractivity contribution < 1.29 is 14.3 Å². The van der Waals surface area contributed by atoms with Crippen molar-refractivity contribution in [3.05, 3.63) is 25.2 Å². The third-order valence-corrected chi connectivity index (χ3v) is 12.7. The maximum atomic E-state index is 13.6. The lowest BCUT2D eigenvalue weighted by Gasteiger charge is -2.20. The van der Waals surface area contributed by atoms with Gasteiger partial charge >= 0.3 is 5.97 Å². The summed E-state index contributed by atoms with van der Waals surface area (Å²) in [7, 11) is 0. The molecule has 41 heavy (non-hydrogen) atoms. The van der Waals surface area contributed by atoms with Crippen LogP contribution in [0.5, 0.6) is 5.75 Å². The highest BCUT2D eigenvalue weighted by Gasteiger charge is 2.39. The van der Waals surface area contributed by atoms with Gasteiger partial charge in [0.2, 0.25) is 0 Å². The number of Topliss-reactive ketones (excluding diaryl/α,β-unsaturated/α-hetero) is 1. The Kier molecular flexibility index (Phi) is 12.8. The summed E-state index contributed by atoms with van der Waals surface area (Å²) in [5.74, 6) is -0.0390. The standard InChI is InChI=1S/C31H35N3O3S4/c1-6-10-12-19(8-3)23(35)14-22-25-27(40-30(38-25)18(5)15-32)24(37-29(36)20(9-4)13-11-7-2)28-26(22)39-31(41-28)21(16-33)17-34/h19-20H,6-14H2,1-5H3/b30-18+. The molecule has 10 heteroatoms. The third kappa shape index (κ3) is 7.57. The van der Waals surface area contributed by atoms with Crippen LogP contribution in [0.25, 0.3) is 0 Å². The highest BCUT2D eigenvalue weighted by molar-refractivity contribution is 8.25. The van der Waals surface area contributed by atoms with Crippen molar-refractivity contribution in [2.45, 2.75) is 112 Å². The highest BCUT2D eigenvalue weighted by atomic mass is 32.2. The normalized spacial score (nSPS) is 16.1. The zero-order chi connectivity index (χ0) is 30.1. The summed E-state index contributed by atoms with van der Waals surface area (Å²) in [6, 6.07) is 6.20. The smallest absolute Gasteiger partial charge is 0.314 e. The van der Waals surface area contributed by atoms with Gasteiger partial charge in [-0.2, -0.15) is 15.8 Å². The van der Waals surface area contributed by atoms with E-state index >= 15 is 0 Å². The van der Waals surface area contributed by atoms with Crippen LogP contribution in [0, 0.1) is 45.8 Å². The quantitative estimate of drug-likeness (QED) is 0.119. The Balaban J connectivity index is 2.22. The van der Waals surface area contributed by atoms with Crippen LogP contribution in [-0.2, 0) is 16.0 Å². The summed E-state index contributed by atoms with van der Waals surface area (Å²) < 4.78 is 7.53. The SMILES string of the molecule is CCCCC(CC)C(=O)Cc1c2c(c(OC(=O)C(CC)CCCC)c3c1S/C(=C(/C)C#N)S3)SC(=C(C#N)C#N)S2. The van der Waals surface area contributed by atoms with Crippen molar-refractivity contribution >= 4 is 58.8 Å². The number of nitrogens with zero attached hydrogens (tertiary/aromatic N) is 3. The number of thioether (sulfide) groups is 4. The van der Waals surface area contributed by atoms with Gasteiger partial charge in [0.05, 0.1) is 30.3 Å². The molecule has 6 nitrogen and oxygen atoms in total. The van der Waals surface area contributed by atoms with Crippen molar-refractivity contribution in [2.24, 2.45) is 11.8 Å². The number of fused-ring (bicyclic) bond motifs is 2. The molecule has 2 aliphatic rings.